The van der Waals surface area contributed by atoms with Gasteiger partial charge in [0.2, 0.25) is 0 Å². The summed E-state index contributed by atoms with van der Waals surface area (Å²) in [5, 5.41) is 13.1. The van der Waals surface area contributed by atoms with E-state index in [1.54, 1.807) is 7.11 Å². The van der Waals surface area contributed by atoms with Crippen molar-refractivity contribution in [2.75, 3.05) is 26.7 Å². The number of guanidine groups is 1. The predicted molar refractivity (Wildman–Crippen MR) is 108 cm³/mol. The van der Waals surface area contributed by atoms with Crippen molar-refractivity contribution in [1.29, 1.82) is 0 Å². The van der Waals surface area contributed by atoms with E-state index in [-0.39, 0.29) is 12.2 Å². The Balaban J connectivity index is 1.76. The number of aliphatic imine (C=N–C) groups is 1. The molecule has 1 saturated carbocycles. The van der Waals surface area contributed by atoms with E-state index in [0.29, 0.717) is 6.54 Å². The highest BCUT2D eigenvalue weighted by Crippen LogP contribution is 2.35. The van der Waals surface area contributed by atoms with E-state index in [2.05, 4.69) is 23.2 Å². The topological polar surface area (TPSA) is 66.3 Å². The summed E-state index contributed by atoms with van der Waals surface area (Å²) >= 11 is 0. The number of benzene rings is 1. The molecule has 2 fully saturated rings. The molecular weight excluding hydrogens is 342 g/mol. The molecular formula is C21H33N3O3. The molecule has 3 rings (SSSR count). The van der Waals surface area contributed by atoms with Gasteiger partial charge in [0, 0.05) is 25.2 Å². The van der Waals surface area contributed by atoms with E-state index >= 15 is 0 Å². The van der Waals surface area contributed by atoms with Crippen LogP contribution in [0.15, 0.2) is 23.2 Å². The fourth-order valence-corrected chi connectivity index (χ4v) is 3.82. The van der Waals surface area contributed by atoms with Crippen molar-refractivity contribution < 1.29 is 14.6 Å². The standard InChI is InChI=1S/C21H33N3O3/c1-3-22-21(24-13-11-17(25)12-14-24)23-15-16-7-6-10-19(26-2)20(16)27-18-8-4-5-9-18/h6-7,10,17-18,25H,3-5,8-9,11-15H2,1-2H3,(H,22,23). The SMILES string of the molecule is CCNC(=NCc1cccc(OC)c1OC1CCCC1)N1CCC(O)CC1. The number of likely N-dealkylation sites (tertiary alicyclic amines) is 1. The van der Waals surface area contributed by atoms with Crippen molar-refractivity contribution in [1.82, 2.24) is 10.2 Å². The number of ether oxygens (including phenoxy) is 2. The van der Waals surface area contributed by atoms with Gasteiger partial charge in [-0.15, -0.1) is 0 Å². The molecule has 1 aromatic carbocycles. The highest BCUT2D eigenvalue weighted by atomic mass is 16.5. The Labute approximate surface area is 162 Å². The van der Waals surface area contributed by atoms with Crippen LogP contribution in [0.1, 0.15) is 51.0 Å². The second-order valence-electron chi connectivity index (χ2n) is 7.36. The number of nitrogens with one attached hydrogen (secondary N) is 1. The first-order valence-corrected chi connectivity index (χ1v) is 10.2. The predicted octanol–water partition coefficient (Wildman–Crippen LogP) is 2.94. The number of hydrogen-bond acceptors (Lipinski definition) is 4. The third kappa shape index (κ3) is 5.28. The molecule has 0 radical (unpaired) electrons. The number of methoxy groups -OCH3 is 1. The number of nitrogens with zero attached hydrogens (tertiary/aromatic N) is 2. The Morgan fingerprint density at radius 3 is 2.63 bits per heavy atom. The lowest BCUT2D eigenvalue weighted by Gasteiger charge is -2.32. The molecule has 1 aliphatic heterocycles. The maximum atomic E-state index is 9.76. The summed E-state index contributed by atoms with van der Waals surface area (Å²) in [6.45, 7) is 5.10. The summed E-state index contributed by atoms with van der Waals surface area (Å²) in [7, 11) is 1.69. The third-order valence-electron chi connectivity index (χ3n) is 5.37. The van der Waals surface area contributed by atoms with Gasteiger partial charge in [0.05, 0.1) is 25.9 Å². The average molecular weight is 376 g/mol. The molecule has 0 atom stereocenters. The summed E-state index contributed by atoms with van der Waals surface area (Å²) in [6.07, 6.45) is 6.37. The van der Waals surface area contributed by atoms with Crippen LogP contribution in [0.25, 0.3) is 0 Å². The van der Waals surface area contributed by atoms with Gasteiger partial charge in [-0.2, -0.15) is 0 Å². The number of para-hydroxylation sites is 1. The Morgan fingerprint density at radius 2 is 1.96 bits per heavy atom. The summed E-state index contributed by atoms with van der Waals surface area (Å²) in [5.74, 6) is 2.51. The van der Waals surface area contributed by atoms with Gasteiger partial charge in [0.25, 0.3) is 0 Å². The van der Waals surface area contributed by atoms with Gasteiger partial charge in [0.15, 0.2) is 17.5 Å². The van der Waals surface area contributed by atoms with Crippen LogP contribution in [0.4, 0.5) is 0 Å². The number of piperidine rings is 1. The molecule has 6 heteroatoms. The highest BCUT2D eigenvalue weighted by Gasteiger charge is 2.22. The van der Waals surface area contributed by atoms with Gasteiger partial charge in [-0.3, -0.25) is 0 Å². The van der Waals surface area contributed by atoms with Gasteiger partial charge in [0.1, 0.15) is 0 Å². The molecule has 0 aromatic heterocycles. The second kappa shape index (κ2) is 9.83. The van der Waals surface area contributed by atoms with Crippen LogP contribution in [-0.2, 0) is 6.54 Å². The minimum atomic E-state index is -0.186. The van der Waals surface area contributed by atoms with Crippen LogP contribution in [0.3, 0.4) is 0 Å². The summed E-state index contributed by atoms with van der Waals surface area (Å²) in [5.41, 5.74) is 1.05. The molecule has 1 saturated heterocycles. The molecule has 6 nitrogen and oxygen atoms in total. The monoisotopic (exact) mass is 375 g/mol. The van der Waals surface area contributed by atoms with Gasteiger partial charge >= 0.3 is 0 Å². The lowest BCUT2D eigenvalue weighted by Crippen LogP contribution is -2.46. The number of aliphatic hydroxyl groups excluding tert-OH is 1. The minimum absolute atomic E-state index is 0.186. The summed E-state index contributed by atoms with van der Waals surface area (Å²) in [6, 6.07) is 6.02. The Hall–Kier alpha value is -1.95. The maximum Gasteiger partial charge on any atom is 0.194 e. The van der Waals surface area contributed by atoms with Crippen molar-refractivity contribution in [3.8, 4) is 11.5 Å². The molecule has 1 aliphatic carbocycles. The zero-order valence-corrected chi connectivity index (χ0v) is 16.6. The molecule has 0 bridgehead atoms. The summed E-state index contributed by atoms with van der Waals surface area (Å²) < 4.78 is 11.9. The van der Waals surface area contributed by atoms with Crippen molar-refractivity contribution in [3.63, 3.8) is 0 Å². The Bertz CT molecular complexity index is 621. The van der Waals surface area contributed by atoms with E-state index < -0.39 is 0 Å². The van der Waals surface area contributed by atoms with Gasteiger partial charge in [-0.25, -0.2) is 4.99 Å². The van der Waals surface area contributed by atoms with Gasteiger partial charge in [-0.05, 0) is 51.5 Å². The first kappa shape index (κ1) is 19.8. The Morgan fingerprint density at radius 1 is 1.22 bits per heavy atom. The van der Waals surface area contributed by atoms with Crippen LogP contribution in [0.2, 0.25) is 0 Å². The molecule has 0 spiro atoms. The zero-order chi connectivity index (χ0) is 19.1. The van der Waals surface area contributed by atoms with Crippen LogP contribution in [0.5, 0.6) is 11.5 Å². The van der Waals surface area contributed by atoms with Gasteiger partial charge in [-0.1, -0.05) is 12.1 Å². The highest BCUT2D eigenvalue weighted by molar-refractivity contribution is 5.80. The van der Waals surface area contributed by atoms with Crippen molar-refractivity contribution >= 4 is 5.96 Å². The minimum Gasteiger partial charge on any atom is -0.493 e. The van der Waals surface area contributed by atoms with Crippen molar-refractivity contribution in [2.45, 2.75) is 64.2 Å². The van der Waals surface area contributed by atoms with Crippen LogP contribution in [0, 0.1) is 0 Å². The molecule has 1 heterocycles. The van der Waals surface area contributed by atoms with E-state index in [0.717, 1.165) is 68.3 Å². The smallest absolute Gasteiger partial charge is 0.194 e. The average Bonchev–Trinajstić information content (AvgIpc) is 3.20. The van der Waals surface area contributed by atoms with Crippen LogP contribution in [-0.4, -0.2) is 54.9 Å². The van der Waals surface area contributed by atoms with Crippen LogP contribution >= 0.6 is 0 Å². The number of rotatable bonds is 6. The normalized spacial score (nSPS) is 19.4. The lowest BCUT2D eigenvalue weighted by molar-refractivity contribution is 0.108. The maximum absolute atomic E-state index is 9.76. The lowest BCUT2D eigenvalue weighted by atomic mass is 10.1. The molecule has 2 N–H and O–H groups in total. The zero-order valence-electron chi connectivity index (χ0n) is 16.6. The second-order valence-corrected chi connectivity index (χ2v) is 7.36. The van der Waals surface area contributed by atoms with Crippen molar-refractivity contribution in [2.24, 2.45) is 4.99 Å². The number of aliphatic hydroxyl groups is 1. The molecule has 2 aliphatic rings. The summed E-state index contributed by atoms with van der Waals surface area (Å²) in [4.78, 5) is 7.09. The Kier molecular flexibility index (Phi) is 7.21. The van der Waals surface area contributed by atoms with Crippen molar-refractivity contribution in [3.05, 3.63) is 23.8 Å². The quantitative estimate of drug-likeness (QED) is 0.591. The fourth-order valence-electron chi connectivity index (χ4n) is 3.82. The first-order valence-electron chi connectivity index (χ1n) is 10.2. The molecule has 0 amide bonds. The molecule has 0 unspecified atom stereocenters. The van der Waals surface area contributed by atoms with Gasteiger partial charge < -0.3 is 24.8 Å². The van der Waals surface area contributed by atoms with E-state index in [1.165, 1.54) is 12.8 Å². The van der Waals surface area contributed by atoms with E-state index in [4.69, 9.17) is 14.5 Å². The molecule has 27 heavy (non-hydrogen) atoms. The van der Waals surface area contributed by atoms with Crippen LogP contribution < -0.4 is 14.8 Å². The third-order valence-corrected chi connectivity index (χ3v) is 5.37. The largest absolute Gasteiger partial charge is 0.493 e. The molecule has 150 valence electrons. The van der Waals surface area contributed by atoms with E-state index in [1.807, 2.05) is 12.1 Å². The number of hydrogen-bond donors (Lipinski definition) is 2. The first-order chi connectivity index (χ1) is 13.2. The fraction of sp³-hybridized carbons (Fsp3) is 0.667. The molecule has 1 aromatic rings. The van der Waals surface area contributed by atoms with E-state index in [9.17, 15) is 5.11 Å².